The quantitative estimate of drug-likeness (QED) is 0.165. The minimum Gasteiger partial charge on any atom is -0.457 e. The fourth-order valence-electron chi connectivity index (χ4n) is 10.3. The Kier molecular flexibility index (Phi) is 11.6. The number of benzene rings is 3. The van der Waals surface area contributed by atoms with Gasteiger partial charge in [-0.3, -0.25) is 24.6 Å². The van der Waals surface area contributed by atoms with Crippen molar-refractivity contribution in [3.05, 3.63) is 90.3 Å². The number of amides is 5. The number of nitrogen functional groups attached to an aromatic ring is 1. The zero-order valence-corrected chi connectivity index (χ0v) is 36.1. The summed E-state index contributed by atoms with van der Waals surface area (Å²) in [6, 6.07) is 23.0. The number of para-hydroxylation sites is 1. The predicted molar refractivity (Wildman–Crippen MR) is 242 cm³/mol. The van der Waals surface area contributed by atoms with Gasteiger partial charge >= 0.3 is 6.03 Å². The first kappa shape index (κ1) is 41.5. The average molecular weight is 866 g/mol. The number of ether oxygens (including phenoxy) is 1. The SMILES string of the molecule is Nc1ncnc2c1c(-c1ccc(Oc3ccccc3)cc1)nn2[C@@H]1CCCN(C(=O)N2CCC(CCCN3CCN(c4ccc5c(c4)CN(C4CCC(=O)NC4=O)C5=O)CC3)CC2)C1. The van der Waals surface area contributed by atoms with Crippen molar-refractivity contribution in [3.63, 3.8) is 0 Å². The zero-order valence-electron chi connectivity index (χ0n) is 36.1. The lowest BCUT2D eigenvalue weighted by Crippen LogP contribution is -2.52. The second-order valence-electron chi connectivity index (χ2n) is 17.9. The number of nitrogens with one attached hydrogen (secondary N) is 1. The number of nitrogens with two attached hydrogens (primary N) is 1. The van der Waals surface area contributed by atoms with E-state index in [0.29, 0.717) is 53.5 Å². The van der Waals surface area contributed by atoms with E-state index in [-0.39, 0.29) is 36.2 Å². The molecule has 16 heteroatoms. The summed E-state index contributed by atoms with van der Waals surface area (Å²) in [6.07, 6.45) is 8.22. The second-order valence-corrected chi connectivity index (χ2v) is 17.9. The minimum atomic E-state index is -0.603. The van der Waals surface area contributed by atoms with E-state index in [9.17, 15) is 19.2 Å². The summed E-state index contributed by atoms with van der Waals surface area (Å²) >= 11 is 0. The molecule has 5 aromatic rings. The van der Waals surface area contributed by atoms with E-state index >= 15 is 0 Å². The molecule has 2 aromatic heterocycles. The van der Waals surface area contributed by atoms with Crippen LogP contribution in [0.3, 0.4) is 0 Å². The van der Waals surface area contributed by atoms with Crippen molar-refractivity contribution in [1.29, 1.82) is 0 Å². The van der Waals surface area contributed by atoms with Gasteiger partial charge in [0.1, 0.15) is 35.4 Å². The number of anilines is 2. The van der Waals surface area contributed by atoms with Crippen LogP contribution < -0.4 is 20.7 Å². The molecule has 1 unspecified atom stereocenters. The van der Waals surface area contributed by atoms with Crippen molar-refractivity contribution in [2.75, 3.05) is 69.5 Å². The number of carbonyl (C=O) groups is 4. The molecule has 16 nitrogen and oxygen atoms in total. The maximum atomic E-state index is 14.0. The Balaban J connectivity index is 0.682. The Morgan fingerprint density at radius 2 is 1.61 bits per heavy atom. The van der Waals surface area contributed by atoms with Gasteiger partial charge in [0.05, 0.1) is 11.4 Å². The Bertz CT molecular complexity index is 2530. The Morgan fingerprint density at radius 3 is 2.39 bits per heavy atom. The zero-order chi connectivity index (χ0) is 43.7. The molecule has 0 saturated carbocycles. The number of rotatable bonds is 10. The second kappa shape index (κ2) is 17.9. The number of aromatic nitrogens is 4. The Morgan fingerprint density at radius 1 is 0.828 bits per heavy atom. The first-order valence-electron chi connectivity index (χ1n) is 22.9. The number of nitrogens with zero attached hydrogens (tertiary/aromatic N) is 9. The standard InChI is InChI=1S/C48H55N11O5/c49-44-42-43(33-10-13-38(14-11-33)64-37-8-2-1-3-9-37)53-59(45(42)51-31-50-44)36-7-5-21-57(30-36)48(63)56-22-18-32(19-23-56)6-4-20-54-24-26-55(27-25-54)35-12-15-39-34(28-35)29-58(47(39)62)40-16-17-41(60)52-46(40)61/h1-3,8-15,28,31-32,36,40H,4-7,16-27,29-30H2,(H2,49,50,51)(H,52,60,61)/t36-,40?/m1/s1. The van der Waals surface area contributed by atoms with Gasteiger partial charge in [0.15, 0.2) is 5.65 Å². The molecule has 5 aliphatic heterocycles. The van der Waals surface area contributed by atoms with Crippen LogP contribution in [-0.4, -0.2) is 128 Å². The number of imide groups is 1. The fraction of sp³-hybridized carbons (Fsp3) is 0.438. The molecule has 3 N–H and O–H groups in total. The smallest absolute Gasteiger partial charge is 0.320 e. The van der Waals surface area contributed by atoms with Crippen LogP contribution in [0.1, 0.15) is 73.3 Å². The van der Waals surface area contributed by atoms with Crippen LogP contribution >= 0.6 is 0 Å². The lowest BCUT2D eigenvalue weighted by Gasteiger charge is -2.39. The molecule has 332 valence electrons. The van der Waals surface area contributed by atoms with Crippen LogP contribution in [0, 0.1) is 5.92 Å². The van der Waals surface area contributed by atoms with Gasteiger partial charge in [-0.2, -0.15) is 5.10 Å². The largest absolute Gasteiger partial charge is 0.457 e. The number of carbonyl (C=O) groups excluding carboxylic acids is 4. The summed E-state index contributed by atoms with van der Waals surface area (Å²) in [6.45, 7) is 8.10. The molecule has 3 aromatic carbocycles. The highest BCUT2D eigenvalue weighted by Gasteiger charge is 2.39. The Hall–Kier alpha value is -6.55. The van der Waals surface area contributed by atoms with Crippen molar-refractivity contribution in [1.82, 2.24) is 44.7 Å². The lowest BCUT2D eigenvalue weighted by atomic mass is 9.92. The summed E-state index contributed by atoms with van der Waals surface area (Å²) < 4.78 is 7.97. The molecule has 0 bridgehead atoms. The van der Waals surface area contributed by atoms with Crippen molar-refractivity contribution in [2.45, 2.75) is 70.0 Å². The van der Waals surface area contributed by atoms with Gasteiger partial charge in [-0.05, 0) is 118 Å². The molecule has 5 aliphatic rings. The number of hydrogen-bond acceptors (Lipinski definition) is 11. The molecular weight excluding hydrogens is 811 g/mol. The van der Waals surface area contributed by atoms with E-state index in [0.717, 1.165) is 113 Å². The molecule has 5 amide bonds. The van der Waals surface area contributed by atoms with E-state index in [1.807, 2.05) is 81.2 Å². The third kappa shape index (κ3) is 8.45. The van der Waals surface area contributed by atoms with Gasteiger partial charge in [0, 0.05) is 82.1 Å². The van der Waals surface area contributed by atoms with E-state index < -0.39 is 6.04 Å². The van der Waals surface area contributed by atoms with Crippen LogP contribution in [0.5, 0.6) is 11.5 Å². The lowest BCUT2D eigenvalue weighted by molar-refractivity contribution is -0.136. The summed E-state index contributed by atoms with van der Waals surface area (Å²) in [4.78, 5) is 70.8. The molecular formula is C48H55N11O5. The van der Waals surface area contributed by atoms with E-state index in [2.05, 4.69) is 31.2 Å². The van der Waals surface area contributed by atoms with E-state index in [1.165, 1.54) is 12.7 Å². The van der Waals surface area contributed by atoms with Gasteiger partial charge in [-0.1, -0.05) is 18.2 Å². The Labute approximate surface area is 372 Å². The van der Waals surface area contributed by atoms with Crippen LogP contribution in [0.2, 0.25) is 0 Å². The van der Waals surface area contributed by atoms with Crippen LogP contribution in [0.4, 0.5) is 16.3 Å². The van der Waals surface area contributed by atoms with Crippen molar-refractivity contribution in [2.24, 2.45) is 5.92 Å². The summed E-state index contributed by atoms with van der Waals surface area (Å²) in [5.41, 5.74) is 11.4. The number of hydrogen-bond donors (Lipinski definition) is 2. The number of likely N-dealkylation sites (tertiary alicyclic amines) is 2. The first-order chi connectivity index (χ1) is 31.3. The van der Waals surface area contributed by atoms with Crippen molar-refractivity contribution in [3.8, 4) is 22.8 Å². The van der Waals surface area contributed by atoms with Crippen LogP contribution in [0.25, 0.3) is 22.3 Å². The number of piperidine rings is 3. The average Bonchev–Trinajstić information content (AvgIpc) is 3.88. The summed E-state index contributed by atoms with van der Waals surface area (Å²) in [7, 11) is 0. The van der Waals surface area contributed by atoms with Gasteiger partial charge in [-0.25, -0.2) is 19.4 Å². The molecule has 4 saturated heterocycles. The maximum absolute atomic E-state index is 14.0. The van der Waals surface area contributed by atoms with Crippen molar-refractivity contribution < 1.29 is 23.9 Å². The van der Waals surface area contributed by atoms with Gasteiger partial charge < -0.3 is 30.1 Å². The van der Waals surface area contributed by atoms with Gasteiger partial charge in [0.25, 0.3) is 5.91 Å². The number of piperazine rings is 1. The van der Waals surface area contributed by atoms with Gasteiger partial charge in [-0.15, -0.1) is 0 Å². The predicted octanol–water partition coefficient (Wildman–Crippen LogP) is 5.70. The van der Waals surface area contributed by atoms with Crippen LogP contribution in [0.15, 0.2) is 79.1 Å². The fourth-order valence-corrected chi connectivity index (χ4v) is 10.3. The molecule has 0 radical (unpaired) electrons. The maximum Gasteiger partial charge on any atom is 0.320 e. The minimum absolute atomic E-state index is 0.0414. The van der Waals surface area contributed by atoms with Gasteiger partial charge in [0.2, 0.25) is 11.8 Å². The van der Waals surface area contributed by atoms with Crippen LogP contribution in [-0.2, 0) is 16.1 Å². The highest BCUT2D eigenvalue weighted by Crippen LogP contribution is 2.36. The summed E-state index contributed by atoms with van der Waals surface area (Å²) in [5.74, 6) is 1.68. The molecule has 0 aliphatic carbocycles. The highest BCUT2D eigenvalue weighted by molar-refractivity contribution is 6.05. The molecule has 4 fully saturated rings. The number of fused-ring (bicyclic) bond motifs is 2. The molecule has 0 spiro atoms. The molecule has 64 heavy (non-hydrogen) atoms. The molecule has 10 rings (SSSR count). The number of urea groups is 1. The topological polar surface area (TPSA) is 175 Å². The highest BCUT2D eigenvalue weighted by atomic mass is 16.5. The monoisotopic (exact) mass is 865 g/mol. The molecule has 7 heterocycles. The van der Waals surface area contributed by atoms with Crippen molar-refractivity contribution >= 4 is 46.3 Å². The molecule has 2 atom stereocenters. The third-order valence-electron chi connectivity index (χ3n) is 13.9. The normalized spacial score (nSPS) is 21.1. The first-order valence-corrected chi connectivity index (χ1v) is 22.9. The third-order valence-corrected chi connectivity index (χ3v) is 13.9. The van der Waals surface area contributed by atoms with E-state index in [1.54, 1.807) is 4.90 Å². The van der Waals surface area contributed by atoms with E-state index in [4.69, 9.17) is 15.6 Å². The summed E-state index contributed by atoms with van der Waals surface area (Å²) in [5, 5.41) is 8.19.